The van der Waals surface area contributed by atoms with Gasteiger partial charge < -0.3 is 10.1 Å². The zero-order valence-corrected chi connectivity index (χ0v) is 22.5. The predicted octanol–water partition coefficient (Wildman–Crippen LogP) is 7.06. The lowest BCUT2D eigenvalue weighted by Crippen LogP contribution is -2.49. The van der Waals surface area contributed by atoms with Crippen LogP contribution in [0, 0.1) is 17.8 Å². The van der Waals surface area contributed by atoms with Crippen LogP contribution in [0.5, 0.6) is 0 Å². The quantitative estimate of drug-likeness (QED) is 0.343. The van der Waals surface area contributed by atoms with Crippen molar-refractivity contribution in [3.05, 3.63) is 68.2 Å². The van der Waals surface area contributed by atoms with Crippen LogP contribution >= 0.6 is 39.1 Å². The summed E-state index contributed by atoms with van der Waals surface area (Å²) < 4.78 is 8.30. The second-order valence-electron chi connectivity index (χ2n) is 10.3. The Hall–Kier alpha value is -1.86. The summed E-state index contributed by atoms with van der Waals surface area (Å²) in [7, 11) is 1.63. The number of aromatic nitrogens is 2. The van der Waals surface area contributed by atoms with E-state index >= 15 is 0 Å². The number of methoxy groups -OCH3 is 1. The summed E-state index contributed by atoms with van der Waals surface area (Å²) >= 11 is 16.3. The molecule has 1 heterocycles. The molecule has 0 radical (unpaired) electrons. The number of benzene rings is 2. The van der Waals surface area contributed by atoms with Gasteiger partial charge in [-0.05, 0) is 80.2 Å². The van der Waals surface area contributed by atoms with E-state index in [1.54, 1.807) is 23.9 Å². The topological polar surface area (TPSA) is 56.1 Å². The molecule has 7 rings (SSSR count). The molecular formula is C27H26BrCl2N3O2. The number of halogens is 3. The van der Waals surface area contributed by atoms with Crippen molar-refractivity contribution in [1.29, 1.82) is 0 Å². The van der Waals surface area contributed by atoms with E-state index in [0.29, 0.717) is 27.3 Å². The highest BCUT2D eigenvalue weighted by Crippen LogP contribution is 2.60. The molecule has 2 unspecified atom stereocenters. The van der Waals surface area contributed by atoms with Crippen molar-refractivity contribution in [3.63, 3.8) is 0 Å². The van der Waals surface area contributed by atoms with Crippen molar-refractivity contribution >= 4 is 45.0 Å². The van der Waals surface area contributed by atoms with E-state index < -0.39 is 0 Å². The van der Waals surface area contributed by atoms with E-state index in [9.17, 15) is 4.79 Å². The van der Waals surface area contributed by atoms with Crippen LogP contribution in [-0.4, -0.2) is 28.3 Å². The monoisotopic (exact) mass is 573 g/mol. The van der Waals surface area contributed by atoms with E-state index in [2.05, 4.69) is 21.2 Å². The van der Waals surface area contributed by atoms with Gasteiger partial charge in [-0.3, -0.25) is 4.79 Å². The molecule has 2 aromatic carbocycles. The Kier molecular flexibility index (Phi) is 5.99. The molecule has 5 nitrogen and oxygen atoms in total. The van der Waals surface area contributed by atoms with Crippen LogP contribution in [0.3, 0.4) is 0 Å². The van der Waals surface area contributed by atoms with Crippen LogP contribution in [0.25, 0.3) is 16.9 Å². The first-order valence-corrected chi connectivity index (χ1v) is 13.6. The predicted molar refractivity (Wildman–Crippen MR) is 141 cm³/mol. The van der Waals surface area contributed by atoms with Crippen molar-refractivity contribution < 1.29 is 9.53 Å². The largest absolute Gasteiger partial charge is 0.380 e. The molecule has 0 saturated heterocycles. The third-order valence-electron chi connectivity index (χ3n) is 8.09. The lowest BCUT2D eigenvalue weighted by molar-refractivity contribution is 0.0864. The number of hydrogen-bond acceptors (Lipinski definition) is 3. The van der Waals surface area contributed by atoms with Crippen molar-refractivity contribution in [3.8, 4) is 16.9 Å². The van der Waals surface area contributed by atoms with Crippen LogP contribution in [0.2, 0.25) is 10.0 Å². The number of carbonyl (C=O) groups is 1. The Bertz CT molecular complexity index is 1290. The summed E-state index contributed by atoms with van der Waals surface area (Å²) in [5.41, 5.74) is 3.39. The van der Waals surface area contributed by atoms with E-state index in [1.165, 1.54) is 19.3 Å². The normalized spacial score (nSPS) is 26.5. The Morgan fingerprint density at radius 1 is 1.14 bits per heavy atom. The summed E-state index contributed by atoms with van der Waals surface area (Å²) in [5.74, 6) is 1.94. The molecular weight excluding hydrogens is 549 g/mol. The standard InChI is InChI=1S/C27H26BrCl2N3O2/c1-35-14-21-24(26(34)31-27-12-15-8-16(13-27)10-18(27)9-15)32-33(23-7-6-20(29)11-22(23)30)25(21)17-2-4-19(28)5-3-17/h2-7,11,15-16,18H,8-10,12-14H2,1H3,(H,31,34). The van der Waals surface area contributed by atoms with Gasteiger partial charge in [-0.25, -0.2) is 4.68 Å². The zero-order valence-electron chi connectivity index (χ0n) is 19.4. The summed E-state index contributed by atoms with van der Waals surface area (Å²) in [6.07, 6.45) is 5.97. The molecule has 3 aromatic rings. The summed E-state index contributed by atoms with van der Waals surface area (Å²) in [6, 6.07) is 13.2. The second-order valence-corrected chi connectivity index (χ2v) is 12.0. The fraction of sp³-hybridized carbons (Fsp3) is 0.407. The third-order valence-corrected chi connectivity index (χ3v) is 9.16. The molecule has 4 saturated carbocycles. The number of nitrogens with zero attached hydrogens (tertiary/aromatic N) is 2. The van der Waals surface area contributed by atoms with Gasteiger partial charge in [-0.1, -0.05) is 51.3 Å². The lowest BCUT2D eigenvalue weighted by atomic mass is 9.80. The Morgan fingerprint density at radius 2 is 1.86 bits per heavy atom. The first kappa shape index (κ1) is 23.5. The maximum absolute atomic E-state index is 13.9. The van der Waals surface area contributed by atoms with Gasteiger partial charge in [-0.2, -0.15) is 5.10 Å². The maximum atomic E-state index is 13.9. The number of carbonyl (C=O) groups excluding carboxylic acids is 1. The molecule has 1 N–H and O–H groups in total. The average Bonchev–Trinajstić information content (AvgIpc) is 3.37. The summed E-state index contributed by atoms with van der Waals surface area (Å²) in [4.78, 5) is 13.9. The van der Waals surface area contributed by atoms with E-state index in [0.717, 1.165) is 46.0 Å². The first-order valence-electron chi connectivity index (χ1n) is 12.0. The maximum Gasteiger partial charge on any atom is 0.272 e. The van der Waals surface area contributed by atoms with Crippen molar-refractivity contribution in [2.45, 2.75) is 44.2 Å². The Labute approximate surface area is 223 Å². The van der Waals surface area contributed by atoms with E-state index in [1.807, 2.05) is 30.3 Å². The highest BCUT2D eigenvalue weighted by molar-refractivity contribution is 9.10. The molecule has 4 aliphatic carbocycles. The molecule has 1 aromatic heterocycles. The number of rotatable bonds is 6. The van der Waals surface area contributed by atoms with Gasteiger partial charge in [0, 0.05) is 33.3 Å². The minimum Gasteiger partial charge on any atom is -0.380 e. The third kappa shape index (κ3) is 4.03. The number of hydrogen-bond donors (Lipinski definition) is 1. The number of nitrogens with one attached hydrogen (secondary N) is 1. The second kappa shape index (κ2) is 8.91. The fourth-order valence-electron chi connectivity index (χ4n) is 6.93. The molecule has 4 aliphatic rings. The van der Waals surface area contributed by atoms with Gasteiger partial charge in [0.15, 0.2) is 5.69 Å². The molecule has 182 valence electrons. The fourth-order valence-corrected chi connectivity index (χ4v) is 7.68. The van der Waals surface area contributed by atoms with Gasteiger partial charge in [0.1, 0.15) is 0 Å². The van der Waals surface area contributed by atoms with Gasteiger partial charge in [-0.15, -0.1) is 0 Å². The molecule has 1 amide bonds. The van der Waals surface area contributed by atoms with Crippen LogP contribution in [-0.2, 0) is 11.3 Å². The average molecular weight is 575 g/mol. The van der Waals surface area contributed by atoms with Crippen molar-refractivity contribution in [2.75, 3.05) is 7.11 Å². The number of amides is 1. The summed E-state index contributed by atoms with van der Waals surface area (Å²) in [6.45, 7) is 0.251. The summed E-state index contributed by atoms with van der Waals surface area (Å²) in [5, 5.41) is 9.33. The molecule has 4 fully saturated rings. The van der Waals surface area contributed by atoms with Crippen LogP contribution in [0.15, 0.2) is 46.9 Å². The highest BCUT2D eigenvalue weighted by Gasteiger charge is 2.58. The number of ether oxygens (including phenoxy) is 1. The Morgan fingerprint density at radius 3 is 2.51 bits per heavy atom. The minimum absolute atomic E-state index is 0.0888. The van der Waals surface area contributed by atoms with Gasteiger partial charge in [0.05, 0.1) is 23.0 Å². The molecule has 0 spiro atoms. The molecule has 0 aliphatic heterocycles. The Balaban J connectivity index is 1.48. The van der Waals surface area contributed by atoms with E-state index in [4.69, 9.17) is 33.0 Å². The zero-order chi connectivity index (χ0) is 24.3. The molecule has 4 bridgehead atoms. The molecule has 8 heteroatoms. The highest BCUT2D eigenvalue weighted by atomic mass is 79.9. The first-order chi connectivity index (χ1) is 16.9. The van der Waals surface area contributed by atoms with Gasteiger partial charge in [0.25, 0.3) is 5.91 Å². The molecule has 2 atom stereocenters. The van der Waals surface area contributed by atoms with Crippen LogP contribution in [0.1, 0.15) is 48.2 Å². The smallest absolute Gasteiger partial charge is 0.272 e. The van der Waals surface area contributed by atoms with Crippen molar-refractivity contribution in [1.82, 2.24) is 15.1 Å². The van der Waals surface area contributed by atoms with Crippen LogP contribution < -0.4 is 5.32 Å². The van der Waals surface area contributed by atoms with Crippen molar-refractivity contribution in [2.24, 2.45) is 17.8 Å². The van der Waals surface area contributed by atoms with Gasteiger partial charge in [0.2, 0.25) is 0 Å². The van der Waals surface area contributed by atoms with E-state index in [-0.39, 0.29) is 18.1 Å². The van der Waals surface area contributed by atoms with Crippen LogP contribution in [0.4, 0.5) is 0 Å². The SMILES string of the molecule is COCc1c(C(=O)NC23CC4CC(CC2C4)C3)nn(-c2ccc(Cl)cc2Cl)c1-c1ccc(Br)cc1. The minimum atomic E-state index is -0.132. The lowest BCUT2D eigenvalue weighted by Gasteiger charge is -2.33. The molecule has 35 heavy (non-hydrogen) atoms. The van der Waals surface area contributed by atoms with Gasteiger partial charge >= 0.3 is 0 Å².